The summed E-state index contributed by atoms with van der Waals surface area (Å²) in [5, 5.41) is 12.3. The molecule has 0 spiro atoms. The van der Waals surface area contributed by atoms with Crippen LogP contribution in [0.1, 0.15) is 0 Å². The van der Waals surface area contributed by atoms with Crippen LogP contribution < -0.4 is 0 Å². The van der Waals surface area contributed by atoms with E-state index in [0.717, 1.165) is 21.9 Å². The number of benzene rings is 8. The topological polar surface area (TPSA) is 13.1 Å². The number of hydrogen-bond acceptors (Lipinski definition) is 1. The maximum Gasteiger partial charge on any atom is 0.136 e. The third-order valence-corrected chi connectivity index (χ3v) is 8.60. The van der Waals surface area contributed by atoms with Gasteiger partial charge in [0.1, 0.15) is 11.2 Å². The maximum atomic E-state index is 6.50. The molecule has 41 heavy (non-hydrogen) atoms. The highest BCUT2D eigenvalue weighted by Crippen LogP contribution is 2.44. The molecule has 1 heteroatoms. The molecule has 0 aliphatic heterocycles. The lowest BCUT2D eigenvalue weighted by Crippen LogP contribution is -1.87. The van der Waals surface area contributed by atoms with Crippen molar-refractivity contribution < 1.29 is 4.42 Å². The summed E-state index contributed by atoms with van der Waals surface area (Å²) < 4.78 is 6.50. The van der Waals surface area contributed by atoms with Gasteiger partial charge in [0, 0.05) is 10.8 Å². The summed E-state index contributed by atoms with van der Waals surface area (Å²) in [5.41, 5.74) is 6.75. The minimum absolute atomic E-state index is 0.908. The lowest BCUT2D eigenvalue weighted by Gasteiger charge is -2.14. The summed E-state index contributed by atoms with van der Waals surface area (Å²) in [6, 6.07) is 52.6. The van der Waals surface area contributed by atoms with Crippen LogP contribution in [0, 0.1) is 0 Å². The van der Waals surface area contributed by atoms with Crippen molar-refractivity contribution >= 4 is 65.0 Å². The normalized spacial score (nSPS) is 11.9. The van der Waals surface area contributed by atoms with E-state index in [2.05, 4.69) is 146 Å². The Labute approximate surface area is 236 Å². The van der Waals surface area contributed by atoms with Crippen LogP contribution in [0.15, 0.2) is 150 Å². The lowest BCUT2D eigenvalue weighted by atomic mass is 9.89. The predicted molar refractivity (Wildman–Crippen MR) is 175 cm³/mol. The molecule has 0 fully saturated rings. The van der Waals surface area contributed by atoms with Gasteiger partial charge in [0.25, 0.3) is 0 Å². The highest BCUT2D eigenvalue weighted by atomic mass is 16.3. The quantitative estimate of drug-likeness (QED) is 0.207. The minimum atomic E-state index is 0.908. The summed E-state index contributed by atoms with van der Waals surface area (Å²) in [7, 11) is 0. The molecule has 9 aromatic rings. The van der Waals surface area contributed by atoms with E-state index in [1.165, 1.54) is 65.3 Å². The Morgan fingerprint density at radius 2 is 0.854 bits per heavy atom. The molecule has 0 saturated heterocycles. The first kappa shape index (κ1) is 22.4. The van der Waals surface area contributed by atoms with Gasteiger partial charge in [-0.15, -0.1) is 0 Å². The molecule has 190 valence electrons. The fraction of sp³-hybridized carbons (Fsp3) is 0. The molecule has 0 amide bonds. The molecule has 0 radical (unpaired) electrons. The summed E-state index contributed by atoms with van der Waals surface area (Å²) in [4.78, 5) is 0. The molecule has 0 saturated carbocycles. The minimum Gasteiger partial charge on any atom is -0.456 e. The Morgan fingerprint density at radius 1 is 0.341 bits per heavy atom. The van der Waals surface area contributed by atoms with Gasteiger partial charge in [0.15, 0.2) is 0 Å². The first-order valence-corrected chi connectivity index (χ1v) is 14.1. The van der Waals surface area contributed by atoms with E-state index in [9.17, 15) is 0 Å². The van der Waals surface area contributed by atoms with E-state index in [1.807, 2.05) is 0 Å². The third-order valence-electron chi connectivity index (χ3n) is 8.60. The highest BCUT2D eigenvalue weighted by Gasteiger charge is 2.18. The second-order valence-electron chi connectivity index (χ2n) is 10.9. The number of hydrogen-bond donors (Lipinski definition) is 0. The van der Waals surface area contributed by atoms with Crippen LogP contribution in [0.2, 0.25) is 0 Å². The van der Waals surface area contributed by atoms with Crippen LogP contribution in [0.25, 0.3) is 87.3 Å². The second kappa shape index (κ2) is 8.55. The van der Waals surface area contributed by atoms with E-state index in [4.69, 9.17) is 4.42 Å². The molecule has 8 aromatic carbocycles. The van der Waals surface area contributed by atoms with E-state index < -0.39 is 0 Å². The van der Waals surface area contributed by atoms with Gasteiger partial charge in [-0.3, -0.25) is 0 Å². The Hall–Kier alpha value is -5.40. The van der Waals surface area contributed by atoms with Gasteiger partial charge in [-0.1, -0.05) is 115 Å². The predicted octanol–water partition coefficient (Wildman–Crippen LogP) is 11.5. The van der Waals surface area contributed by atoms with E-state index >= 15 is 0 Å². The monoisotopic (exact) mass is 520 g/mol. The molecule has 0 aliphatic rings. The van der Waals surface area contributed by atoms with Crippen molar-refractivity contribution in [3.05, 3.63) is 146 Å². The number of fused-ring (bicyclic) bond motifs is 7. The summed E-state index contributed by atoms with van der Waals surface area (Å²) in [5.74, 6) is 0. The molecule has 0 unspecified atom stereocenters. The van der Waals surface area contributed by atoms with Crippen molar-refractivity contribution in [2.45, 2.75) is 0 Å². The van der Waals surface area contributed by atoms with Crippen LogP contribution in [-0.2, 0) is 0 Å². The second-order valence-corrected chi connectivity index (χ2v) is 10.9. The SMILES string of the molecule is c1ccc2c(-c3ccc4oc5cccc(-c6c7ccccc7cc7ccccc67)c5c4c3)c3ccccc3cc2c1. The van der Waals surface area contributed by atoms with E-state index in [-0.39, 0.29) is 0 Å². The van der Waals surface area contributed by atoms with Crippen LogP contribution in [0.3, 0.4) is 0 Å². The first-order chi connectivity index (χ1) is 20.3. The smallest absolute Gasteiger partial charge is 0.136 e. The Morgan fingerprint density at radius 3 is 1.41 bits per heavy atom. The van der Waals surface area contributed by atoms with Gasteiger partial charge in [-0.05, 0) is 95.7 Å². The fourth-order valence-electron chi connectivity index (χ4n) is 6.82. The molecule has 1 nitrogen and oxygen atoms in total. The van der Waals surface area contributed by atoms with Crippen molar-refractivity contribution in [1.29, 1.82) is 0 Å². The third kappa shape index (κ3) is 3.30. The molecular weight excluding hydrogens is 496 g/mol. The largest absolute Gasteiger partial charge is 0.456 e. The van der Waals surface area contributed by atoms with Gasteiger partial charge in [0.05, 0.1) is 0 Å². The van der Waals surface area contributed by atoms with Gasteiger partial charge in [-0.25, -0.2) is 0 Å². The van der Waals surface area contributed by atoms with Crippen LogP contribution in [0.5, 0.6) is 0 Å². The number of furan rings is 1. The lowest BCUT2D eigenvalue weighted by molar-refractivity contribution is 0.669. The maximum absolute atomic E-state index is 6.50. The molecular formula is C40H24O. The highest BCUT2D eigenvalue weighted by molar-refractivity contribution is 6.22. The molecule has 0 bridgehead atoms. The van der Waals surface area contributed by atoms with Crippen molar-refractivity contribution in [2.24, 2.45) is 0 Å². The van der Waals surface area contributed by atoms with Crippen molar-refractivity contribution in [1.82, 2.24) is 0 Å². The van der Waals surface area contributed by atoms with Gasteiger partial charge in [-0.2, -0.15) is 0 Å². The van der Waals surface area contributed by atoms with Crippen LogP contribution >= 0.6 is 0 Å². The average Bonchev–Trinajstić information content (AvgIpc) is 3.41. The standard InChI is InChI=1S/C40H24O/c1-5-14-30-25(10-1)22-26-11-2-6-15-31(26)38(30)29-20-21-36-35(24-29)40-34(18-9-19-37(40)41-36)39-32-16-7-3-12-27(32)23-28-13-4-8-17-33(28)39/h1-24H. The van der Waals surface area contributed by atoms with Crippen LogP contribution in [-0.4, -0.2) is 0 Å². The Bertz CT molecular complexity index is 2370. The van der Waals surface area contributed by atoms with Gasteiger partial charge < -0.3 is 4.42 Å². The van der Waals surface area contributed by atoms with Crippen LogP contribution in [0.4, 0.5) is 0 Å². The fourth-order valence-corrected chi connectivity index (χ4v) is 6.82. The Balaban J connectivity index is 1.41. The number of rotatable bonds is 2. The van der Waals surface area contributed by atoms with E-state index in [0.29, 0.717) is 0 Å². The average molecular weight is 521 g/mol. The molecule has 0 aliphatic carbocycles. The summed E-state index contributed by atoms with van der Waals surface area (Å²) >= 11 is 0. The Kier molecular flexibility index (Phi) is 4.67. The summed E-state index contributed by atoms with van der Waals surface area (Å²) in [6.07, 6.45) is 0. The summed E-state index contributed by atoms with van der Waals surface area (Å²) in [6.45, 7) is 0. The molecule has 0 N–H and O–H groups in total. The van der Waals surface area contributed by atoms with Crippen molar-refractivity contribution in [3.8, 4) is 22.3 Å². The molecule has 0 atom stereocenters. The zero-order chi connectivity index (χ0) is 26.9. The zero-order valence-corrected chi connectivity index (χ0v) is 22.3. The van der Waals surface area contributed by atoms with Crippen molar-refractivity contribution in [2.75, 3.05) is 0 Å². The first-order valence-electron chi connectivity index (χ1n) is 14.1. The van der Waals surface area contributed by atoms with Gasteiger partial charge >= 0.3 is 0 Å². The molecule has 1 heterocycles. The van der Waals surface area contributed by atoms with E-state index in [1.54, 1.807) is 0 Å². The molecule has 1 aromatic heterocycles. The molecule has 9 rings (SSSR count). The van der Waals surface area contributed by atoms with Gasteiger partial charge in [0.2, 0.25) is 0 Å². The zero-order valence-electron chi connectivity index (χ0n) is 22.3. The van der Waals surface area contributed by atoms with Crippen molar-refractivity contribution in [3.63, 3.8) is 0 Å².